The van der Waals surface area contributed by atoms with Crippen molar-refractivity contribution in [3.8, 4) is 23.3 Å². The summed E-state index contributed by atoms with van der Waals surface area (Å²) in [7, 11) is 1.54. The molecule has 0 bridgehead atoms. The van der Waals surface area contributed by atoms with Gasteiger partial charge in [-0.1, -0.05) is 12.1 Å². The lowest BCUT2D eigenvalue weighted by atomic mass is 10.0. The number of hydrogen-bond acceptors (Lipinski definition) is 5. The quantitative estimate of drug-likeness (QED) is 0.561. The number of hydrogen-bond donors (Lipinski definition) is 1. The molecule has 150 valence electrons. The topological polar surface area (TPSA) is 88.8 Å². The van der Waals surface area contributed by atoms with Crippen LogP contribution in [0, 0.1) is 24.1 Å². The first-order valence-corrected chi connectivity index (χ1v) is 9.52. The van der Waals surface area contributed by atoms with Gasteiger partial charge in [-0.3, -0.25) is 0 Å². The van der Waals surface area contributed by atoms with Gasteiger partial charge in [0.2, 0.25) is 0 Å². The smallest absolute Gasteiger partial charge is 0.197 e. The van der Waals surface area contributed by atoms with Gasteiger partial charge >= 0.3 is 0 Å². The second-order valence-electron chi connectivity index (χ2n) is 7.14. The Hall–Kier alpha value is -3.70. The second kappa shape index (κ2) is 6.97. The summed E-state index contributed by atoms with van der Waals surface area (Å²) in [5.74, 6) is 1.22. The zero-order valence-corrected chi connectivity index (χ0v) is 16.4. The predicted octanol–water partition coefficient (Wildman–Crippen LogP) is 3.87. The highest BCUT2D eigenvalue weighted by atomic mass is 19.1. The van der Waals surface area contributed by atoms with Crippen molar-refractivity contribution in [1.82, 2.24) is 19.7 Å². The van der Waals surface area contributed by atoms with Gasteiger partial charge in [0.25, 0.3) is 0 Å². The van der Waals surface area contributed by atoms with Crippen molar-refractivity contribution in [3.05, 3.63) is 64.7 Å². The zero-order chi connectivity index (χ0) is 20.8. The van der Waals surface area contributed by atoms with Crippen molar-refractivity contribution in [1.29, 1.82) is 5.26 Å². The summed E-state index contributed by atoms with van der Waals surface area (Å²) in [5.41, 5.74) is 3.23. The molecule has 2 aromatic carbocycles. The maximum absolute atomic E-state index is 14.6. The molecule has 0 radical (unpaired) electrons. The summed E-state index contributed by atoms with van der Waals surface area (Å²) in [6.07, 6.45) is -0.620. The molecule has 0 aliphatic carbocycles. The van der Waals surface area contributed by atoms with E-state index < -0.39 is 6.10 Å². The fourth-order valence-corrected chi connectivity index (χ4v) is 3.95. The molecule has 7 nitrogen and oxygen atoms in total. The summed E-state index contributed by atoms with van der Waals surface area (Å²) in [6, 6.07) is 12.5. The molecule has 4 aromatic rings. The molecule has 0 saturated carbocycles. The molecule has 1 N–H and O–H groups in total. The number of nitrogens with one attached hydrogen (secondary N) is 1. The molecule has 30 heavy (non-hydrogen) atoms. The van der Waals surface area contributed by atoms with Crippen molar-refractivity contribution in [3.63, 3.8) is 0 Å². The van der Waals surface area contributed by atoms with Gasteiger partial charge in [0.1, 0.15) is 23.7 Å². The number of H-pyrrole nitrogens is 1. The Labute approximate surface area is 171 Å². The summed E-state index contributed by atoms with van der Waals surface area (Å²) in [4.78, 5) is 7.96. The summed E-state index contributed by atoms with van der Waals surface area (Å²) >= 11 is 0. The highest BCUT2D eigenvalue weighted by Gasteiger charge is 2.30. The highest BCUT2D eigenvalue weighted by molar-refractivity contribution is 5.92. The Morgan fingerprint density at radius 2 is 2.20 bits per heavy atom. The number of ether oxygens (including phenoxy) is 2. The van der Waals surface area contributed by atoms with Gasteiger partial charge < -0.3 is 14.5 Å². The molecule has 1 atom stereocenters. The minimum Gasteiger partial charge on any atom is -0.495 e. The molecule has 2 aromatic heterocycles. The molecule has 1 aliphatic rings. The first-order valence-electron chi connectivity index (χ1n) is 9.52. The Balaban J connectivity index is 1.62. The van der Waals surface area contributed by atoms with E-state index in [9.17, 15) is 9.65 Å². The maximum Gasteiger partial charge on any atom is 0.197 e. The van der Waals surface area contributed by atoms with E-state index in [0.29, 0.717) is 47.4 Å². The standard InChI is InChI=1S/C22H18FN5O2/c1-12-4-3-5-15(23)18(12)20-22-26-21(27-28(22)8-9-30-20)17-10-14-16(25-17)7-6-13(11-24)19(14)29-2/h3-7,10,20,25H,8-9H2,1-2H3. The molecule has 8 heteroatoms. The minimum atomic E-state index is -0.620. The first kappa shape index (κ1) is 18.3. The zero-order valence-electron chi connectivity index (χ0n) is 16.4. The lowest BCUT2D eigenvalue weighted by molar-refractivity contribution is 0.0365. The first-order chi connectivity index (χ1) is 14.6. The van der Waals surface area contributed by atoms with Gasteiger partial charge in [0, 0.05) is 16.5 Å². The van der Waals surface area contributed by atoms with Crippen molar-refractivity contribution >= 4 is 10.9 Å². The Kier molecular flexibility index (Phi) is 4.26. The molecule has 3 heterocycles. The predicted molar refractivity (Wildman–Crippen MR) is 108 cm³/mol. The minimum absolute atomic E-state index is 0.322. The van der Waals surface area contributed by atoms with Crippen LogP contribution in [0.5, 0.6) is 5.75 Å². The fraction of sp³-hybridized carbons (Fsp3) is 0.227. The van der Waals surface area contributed by atoms with E-state index in [-0.39, 0.29) is 5.82 Å². The third-order valence-corrected chi connectivity index (χ3v) is 5.38. The van der Waals surface area contributed by atoms with E-state index >= 15 is 0 Å². The highest BCUT2D eigenvalue weighted by Crippen LogP contribution is 2.35. The summed E-state index contributed by atoms with van der Waals surface area (Å²) in [6.45, 7) is 2.81. The fourth-order valence-electron chi connectivity index (χ4n) is 3.95. The number of aromatic nitrogens is 4. The number of aryl methyl sites for hydroxylation is 1. The normalized spacial score (nSPS) is 15.7. The SMILES string of the molecule is COc1c(C#N)ccc2[nH]c(-c3nc4n(n3)CCOC4c3c(C)cccc3F)cc12. The van der Waals surface area contributed by atoms with E-state index in [0.717, 1.165) is 16.5 Å². The Bertz CT molecular complexity index is 1300. The molecule has 0 spiro atoms. The Morgan fingerprint density at radius 1 is 1.33 bits per heavy atom. The maximum atomic E-state index is 14.6. The molecule has 0 amide bonds. The lowest BCUT2D eigenvalue weighted by Gasteiger charge is -2.24. The Morgan fingerprint density at radius 3 is 2.97 bits per heavy atom. The van der Waals surface area contributed by atoms with Gasteiger partial charge in [0.15, 0.2) is 11.6 Å². The number of aromatic amines is 1. The second-order valence-corrected chi connectivity index (χ2v) is 7.14. The van der Waals surface area contributed by atoms with Gasteiger partial charge in [0.05, 0.1) is 31.5 Å². The van der Waals surface area contributed by atoms with Crippen LogP contribution < -0.4 is 4.74 Å². The van der Waals surface area contributed by atoms with E-state index in [2.05, 4.69) is 21.1 Å². The lowest BCUT2D eigenvalue weighted by Crippen LogP contribution is -2.24. The van der Waals surface area contributed by atoms with Crippen LogP contribution in [0.4, 0.5) is 4.39 Å². The largest absolute Gasteiger partial charge is 0.495 e. The molecule has 0 fully saturated rings. The number of nitriles is 1. The number of rotatable bonds is 3. The van der Waals surface area contributed by atoms with Crippen LogP contribution in [-0.4, -0.2) is 33.5 Å². The number of fused-ring (bicyclic) bond motifs is 2. The van der Waals surface area contributed by atoms with Gasteiger partial charge in [-0.05, 0) is 36.8 Å². The molecule has 0 saturated heterocycles. The number of nitrogens with zero attached hydrogens (tertiary/aromatic N) is 4. The van der Waals surface area contributed by atoms with Gasteiger partial charge in [-0.2, -0.15) is 5.26 Å². The summed E-state index contributed by atoms with van der Waals surface area (Å²) in [5, 5.41) is 14.7. The molecule has 5 rings (SSSR count). The third-order valence-electron chi connectivity index (χ3n) is 5.38. The molecular formula is C22H18FN5O2. The molecule has 1 aliphatic heterocycles. The average molecular weight is 403 g/mol. The third kappa shape index (κ3) is 2.75. The van der Waals surface area contributed by atoms with E-state index in [1.54, 1.807) is 16.8 Å². The average Bonchev–Trinajstić information content (AvgIpc) is 3.37. The van der Waals surface area contributed by atoms with Crippen molar-refractivity contribution < 1.29 is 13.9 Å². The van der Waals surface area contributed by atoms with Crippen molar-refractivity contribution in [2.24, 2.45) is 0 Å². The van der Waals surface area contributed by atoms with Gasteiger partial charge in [-0.25, -0.2) is 14.1 Å². The summed E-state index contributed by atoms with van der Waals surface area (Å²) < 4.78 is 27.7. The van der Waals surface area contributed by atoms with Crippen LogP contribution in [0.25, 0.3) is 22.4 Å². The van der Waals surface area contributed by atoms with Crippen LogP contribution in [0.3, 0.4) is 0 Å². The van der Waals surface area contributed by atoms with E-state index in [4.69, 9.17) is 9.47 Å². The number of halogens is 1. The molecule has 1 unspecified atom stereocenters. The van der Waals surface area contributed by atoms with Crippen LogP contribution in [0.2, 0.25) is 0 Å². The number of benzene rings is 2. The van der Waals surface area contributed by atoms with E-state index in [1.165, 1.54) is 13.2 Å². The van der Waals surface area contributed by atoms with Crippen LogP contribution in [0.15, 0.2) is 36.4 Å². The van der Waals surface area contributed by atoms with Crippen LogP contribution in [-0.2, 0) is 11.3 Å². The monoisotopic (exact) mass is 403 g/mol. The van der Waals surface area contributed by atoms with Crippen LogP contribution in [0.1, 0.15) is 28.6 Å². The van der Waals surface area contributed by atoms with Crippen molar-refractivity contribution in [2.45, 2.75) is 19.6 Å². The van der Waals surface area contributed by atoms with Crippen LogP contribution >= 0.6 is 0 Å². The van der Waals surface area contributed by atoms with Crippen molar-refractivity contribution in [2.75, 3.05) is 13.7 Å². The molecular weight excluding hydrogens is 385 g/mol. The van der Waals surface area contributed by atoms with E-state index in [1.807, 2.05) is 25.1 Å². The number of methoxy groups -OCH3 is 1. The van der Waals surface area contributed by atoms with Gasteiger partial charge in [-0.15, -0.1) is 5.10 Å².